The number of nitrogens with zero attached hydrogens (tertiary/aromatic N) is 2. The lowest BCUT2D eigenvalue weighted by Crippen LogP contribution is -2.11. The van der Waals surface area contributed by atoms with Crippen LogP contribution in [0, 0.1) is 0 Å². The van der Waals surface area contributed by atoms with Gasteiger partial charge in [0.15, 0.2) is 5.78 Å². The van der Waals surface area contributed by atoms with Crippen molar-refractivity contribution in [3.63, 3.8) is 0 Å². The van der Waals surface area contributed by atoms with E-state index in [2.05, 4.69) is 14.7 Å². The number of carbonyl (C=O) groups is 1. The van der Waals surface area contributed by atoms with E-state index >= 15 is 0 Å². The molecule has 2 heterocycles. The van der Waals surface area contributed by atoms with Gasteiger partial charge in [-0.1, -0.05) is 29.8 Å². The van der Waals surface area contributed by atoms with Gasteiger partial charge in [0.1, 0.15) is 16.0 Å². The van der Waals surface area contributed by atoms with Crippen LogP contribution in [0.15, 0.2) is 87.9 Å². The number of allylic oxidation sites excluding steroid dienone is 3. The molecule has 8 heteroatoms. The second-order valence-corrected chi connectivity index (χ2v) is 8.87. The molecule has 1 N–H and O–H groups in total. The lowest BCUT2D eigenvalue weighted by molar-refractivity contribution is 0.103. The molecule has 150 valence electrons. The minimum absolute atomic E-state index is 0.186. The Hall–Kier alpha value is -2.87. The van der Waals surface area contributed by atoms with E-state index in [0.717, 1.165) is 10.6 Å². The van der Waals surface area contributed by atoms with Crippen molar-refractivity contribution >= 4 is 51.6 Å². The van der Waals surface area contributed by atoms with Crippen LogP contribution in [-0.4, -0.2) is 21.2 Å². The first-order valence-electron chi connectivity index (χ1n) is 9.02. The number of aliphatic imine (C=N–C) groups is 1. The Morgan fingerprint density at radius 3 is 2.77 bits per heavy atom. The summed E-state index contributed by atoms with van der Waals surface area (Å²) in [7, 11) is -1.55. The highest BCUT2D eigenvalue weighted by Gasteiger charge is 2.18. The second-order valence-electron chi connectivity index (χ2n) is 6.33. The maximum atomic E-state index is 13.1. The Kier molecular flexibility index (Phi) is 6.32. The van der Waals surface area contributed by atoms with Gasteiger partial charge in [-0.15, -0.1) is 11.3 Å². The number of rotatable bonds is 6. The predicted octanol–water partition coefficient (Wildman–Crippen LogP) is 5.70. The van der Waals surface area contributed by atoms with Gasteiger partial charge in [-0.05, 0) is 42.8 Å². The van der Waals surface area contributed by atoms with Crippen LogP contribution in [-0.2, 0) is 11.0 Å². The Labute approximate surface area is 185 Å². The topological polar surface area (TPSA) is 71.4 Å². The minimum atomic E-state index is -1.55. The third-order valence-corrected chi connectivity index (χ3v) is 6.52. The van der Waals surface area contributed by atoms with E-state index in [-0.39, 0.29) is 5.78 Å². The van der Waals surface area contributed by atoms with E-state index < -0.39 is 11.0 Å². The van der Waals surface area contributed by atoms with Crippen molar-refractivity contribution in [2.45, 2.75) is 11.3 Å². The molecule has 2 aromatic carbocycles. The number of hydrogen-bond acceptors (Lipinski definition) is 5. The highest BCUT2D eigenvalue weighted by Crippen LogP contribution is 2.27. The standard InChI is InChI=1S/C22H16ClN3O2S2/c23-17-5-8-20(19(14-17)21(27)15-2-1-10-24-11-9-15)26-30(28)18-6-3-16(4-7-18)22-25-12-13-29-22/h1,3-14,26H,2H2. The van der Waals surface area contributed by atoms with Gasteiger partial charge in [0.2, 0.25) is 0 Å². The average Bonchev–Trinajstić information content (AvgIpc) is 3.17. The fourth-order valence-electron chi connectivity index (χ4n) is 2.87. The van der Waals surface area contributed by atoms with E-state index in [9.17, 15) is 9.00 Å². The van der Waals surface area contributed by atoms with Crippen LogP contribution >= 0.6 is 22.9 Å². The van der Waals surface area contributed by atoms with Crippen LogP contribution in [0.4, 0.5) is 5.69 Å². The third-order valence-electron chi connectivity index (χ3n) is 4.36. The number of ketones is 1. The molecule has 0 spiro atoms. The fourth-order valence-corrected chi connectivity index (χ4v) is 4.57. The first-order chi connectivity index (χ1) is 14.6. The lowest BCUT2D eigenvalue weighted by Gasteiger charge is -2.13. The van der Waals surface area contributed by atoms with E-state index in [0.29, 0.717) is 33.2 Å². The zero-order chi connectivity index (χ0) is 20.9. The molecular formula is C22H16ClN3O2S2. The fraction of sp³-hybridized carbons (Fsp3) is 0.0455. The molecule has 0 saturated heterocycles. The smallest absolute Gasteiger partial charge is 0.191 e. The zero-order valence-corrected chi connectivity index (χ0v) is 18.0. The van der Waals surface area contributed by atoms with Crippen molar-refractivity contribution in [3.05, 3.63) is 88.6 Å². The number of hydrogen-bond donors (Lipinski definition) is 1. The number of benzene rings is 2. The van der Waals surface area contributed by atoms with Crippen LogP contribution in [0.3, 0.4) is 0 Å². The minimum Gasteiger partial charge on any atom is -0.300 e. The van der Waals surface area contributed by atoms with E-state index in [1.807, 2.05) is 23.6 Å². The summed E-state index contributed by atoms with van der Waals surface area (Å²) in [5, 5.41) is 3.24. The maximum Gasteiger partial charge on any atom is 0.191 e. The van der Waals surface area contributed by atoms with Crippen LogP contribution in [0.1, 0.15) is 16.8 Å². The zero-order valence-electron chi connectivity index (χ0n) is 15.6. The highest BCUT2D eigenvalue weighted by atomic mass is 35.5. The molecule has 0 radical (unpaired) electrons. The van der Waals surface area contributed by atoms with Crippen LogP contribution < -0.4 is 4.72 Å². The normalized spacial score (nSPS) is 14.1. The molecule has 1 aliphatic heterocycles. The van der Waals surface area contributed by atoms with Crippen molar-refractivity contribution in [1.82, 2.24) is 4.98 Å². The maximum absolute atomic E-state index is 13.1. The first kappa shape index (κ1) is 20.4. The summed E-state index contributed by atoms with van der Waals surface area (Å²) in [4.78, 5) is 21.9. The van der Waals surface area contributed by atoms with Gasteiger partial charge in [0.25, 0.3) is 0 Å². The van der Waals surface area contributed by atoms with E-state index in [1.54, 1.807) is 66.4 Å². The van der Waals surface area contributed by atoms with E-state index in [4.69, 9.17) is 11.6 Å². The molecule has 1 atom stereocenters. The highest BCUT2D eigenvalue weighted by molar-refractivity contribution is 7.86. The number of thiazole rings is 1. The molecule has 1 aromatic heterocycles. The van der Waals surface area contributed by atoms with Crippen molar-refractivity contribution in [3.8, 4) is 10.6 Å². The molecule has 1 unspecified atom stereocenters. The Balaban J connectivity index is 1.58. The Morgan fingerprint density at radius 2 is 2.00 bits per heavy atom. The van der Waals surface area contributed by atoms with Gasteiger partial charge in [0.05, 0.1) is 10.6 Å². The van der Waals surface area contributed by atoms with Gasteiger partial charge in [-0.3, -0.25) is 9.79 Å². The summed E-state index contributed by atoms with van der Waals surface area (Å²) in [6, 6.07) is 12.2. The van der Waals surface area contributed by atoms with Crippen molar-refractivity contribution in [2.75, 3.05) is 4.72 Å². The van der Waals surface area contributed by atoms with Gasteiger partial charge >= 0.3 is 0 Å². The summed E-state index contributed by atoms with van der Waals surface area (Å²) in [6.45, 7) is 0. The number of carbonyl (C=O) groups excluding carboxylic acids is 1. The van der Waals surface area contributed by atoms with Gasteiger partial charge in [0, 0.05) is 45.7 Å². The summed E-state index contributed by atoms with van der Waals surface area (Å²) in [6.07, 6.45) is 8.94. The molecule has 1 aliphatic rings. The molecule has 3 aromatic rings. The van der Waals surface area contributed by atoms with Crippen molar-refractivity contribution in [2.24, 2.45) is 4.99 Å². The number of anilines is 1. The summed E-state index contributed by atoms with van der Waals surface area (Å²) in [5.41, 5.74) is 2.36. The molecule has 0 saturated carbocycles. The Bertz CT molecular complexity index is 1180. The Morgan fingerprint density at radius 1 is 1.17 bits per heavy atom. The van der Waals surface area contributed by atoms with Crippen LogP contribution in [0.2, 0.25) is 5.02 Å². The molecular weight excluding hydrogens is 438 g/mol. The largest absolute Gasteiger partial charge is 0.300 e. The number of aromatic nitrogens is 1. The summed E-state index contributed by atoms with van der Waals surface area (Å²) >= 11 is 7.67. The second kappa shape index (κ2) is 9.30. The molecule has 5 nitrogen and oxygen atoms in total. The molecule has 0 fully saturated rings. The predicted molar refractivity (Wildman–Crippen MR) is 124 cm³/mol. The number of nitrogens with one attached hydrogen (secondary N) is 1. The van der Waals surface area contributed by atoms with Gasteiger partial charge < -0.3 is 4.72 Å². The van der Waals surface area contributed by atoms with Gasteiger partial charge in [-0.25, -0.2) is 9.19 Å². The van der Waals surface area contributed by atoms with E-state index in [1.165, 1.54) is 0 Å². The third kappa shape index (κ3) is 4.64. The molecule has 30 heavy (non-hydrogen) atoms. The molecule has 0 bridgehead atoms. The van der Waals surface area contributed by atoms with Crippen molar-refractivity contribution in [1.29, 1.82) is 0 Å². The quantitative estimate of drug-likeness (QED) is 0.487. The number of Topliss-reactive ketones (excluding diaryl/α,β-unsaturated/α-hetero) is 1. The first-order valence-corrected chi connectivity index (χ1v) is 11.4. The SMILES string of the molecule is O=C(C1=CC=NC=CC1)c1cc(Cl)ccc1NS(=O)c1ccc(-c2nccs2)cc1. The molecule has 0 aliphatic carbocycles. The molecule has 4 rings (SSSR count). The van der Waals surface area contributed by atoms with Gasteiger partial charge in [-0.2, -0.15) is 0 Å². The summed E-state index contributed by atoms with van der Waals surface area (Å²) < 4.78 is 15.8. The summed E-state index contributed by atoms with van der Waals surface area (Å²) in [5.74, 6) is -0.186. The molecule has 0 amide bonds. The number of halogens is 1. The monoisotopic (exact) mass is 453 g/mol. The van der Waals surface area contributed by atoms with Crippen molar-refractivity contribution < 1.29 is 9.00 Å². The van der Waals surface area contributed by atoms with Crippen LogP contribution in [0.5, 0.6) is 0 Å². The lowest BCUT2D eigenvalue weighted by atomic mass is 9.99. The van der Waals surface area contributed by atoms with Crippen LogP contribution in [0.25, 0.3) is 10.6 Å². The average molecular weight is 454 g/mol.